The van der Waals surface area contributed by atoms with E-state index >= 15 is 0 Å². The molecule has 1 aromatic heterocycles. The molecule has 0 saturated heterocycles. The second-order valence-corrected chi connectivity index (χ2v) is 4.54. The van der Waals surface area contributed by atoms with E-state index in [0.717, 1.165) is 25.2 Å². The summed E-state index contributed by atoms with van der Waals surface area (Å²) in [6, 6.07) is 0.522. The number of guanidine groups is 1. The molecule has 0 atom stereocenters. The van der Waals surface area contributed by atoms with E-state index in [1.807, 2.05) is 0 Å². The predicted molar refractivity (Wildman–Crippen MR) is 69.7 cm³/mol. The molecule has 0 aliphatic heterocycles. The van der Waals surface area contributed by atoms with Crippen LogP contribution in [0.25, 0.3) is 0 Å². The van der Waals surface area contributed by atoms with Gasteiger partial charge in [0.25, 0.3) is 0 Å². The quantitative estimate of drug-likeness (QED) is 0.195. The highest BCUT2D eigenvalue weighted by molar-refractivity contribution is 5.79. The van der Waals surface area contributed by atoms with E-state index in [-0.39, 0.29) is 0 Å². The van der Waals surface area contributed by atoms with Crippen LogP contribution in [-0.2, 0) is 6.42 Å². The maximum Gasteiger partial charge on any atom is 0.205 e. The number of nitrogens with two attached hydrogens (primary N) is 1. The predicted octanol–water partition coefficient (Wildman–Crippen LogP) is 0.0888. The van der Waals surface area contributed by atoms with Crippen LogP contribution in [0.4, 0.5) is 0 Å². The molecule has 1 aliphatic carbocycles. The molecule has 0 bridgehead atoms. The third-order valence-corrected chi connectivity index (χ3v) is 3.14. The minimum atomic E-state index is 0.522. The van der Waals surface area contributed by atoms with Crippen molar-refractivity contribution < 1.29 is 0 Å². The van der Waals surface area contributed by atoms with Gasteiger partial charge in [0, 0.05) is 19.0 Å². The first kappa shape index (κ1) is 12.8. The summed E-state index contributed by atoms with van der Waals surface area (Å²) >= 11 is 0. The number of aryl methyl sites for hydroxylation is 1. The van der Waals surface area contributed by atoms with E-state index < -0.39 is 0 Å². The molecule has 0 aromatic carbocycles. The summed E-state index contributed by atoms with van der Waals surface area (Å²) in [5.41, 5.74) is 2.63. The Bertz CT molecular complexity index is 353. The van der Waals surface area contributed by atoms with Crippen LogP contribution in [0.5, 0.6) is 0 Å². The van der Waals surface area contributed by atoms with Gasteiger partial charge < -0.3 is 5.32 Å². The molecule has 0 amide bonds. The van der Waals surface area contributed by atoms with Crippen molar-refractivity contribution in [2.45, 2.75) is 44.6 Å². The number of aromatic amines is 1. The van der Waals surface area contributed by atoms with Crippen LogP contribution < -0.4 is 16.6 Å². The van der Waals surface area contributed by atoms with Crippen LogP contribution in [0.1, 0.15) is 37.9 Å². The molecular formula is C11H21N7. The average Bonchev–Trinajstić information content (AvgIpc) is 3.06. The van der Waals surface area contributed by atoms with Gasteiger partial charge in [-0.1, -0.05) is 12.8 Å². The topological polar surface area (TPSA) is 104 Å². The molecule has 18 heavy (non-hydrogen) atoms. The van der Waals surface area contributed by atoms with E-state index in [4.69, 9.17) is 5.84 Å². The van der Waals surface area contributed by atoms with E-state index in [0.29, 0.717) is 12.0 Å². The van der Waals surface area contributed by atoms with Crippen molar-refractivity contribution >= 4 is 5.96 Å². The lowest BCUT2D eigenvalue weighted by Crippen LogP contribution is -2.45. The minimum Gasteiger partial charge on any atom is -0.353 e. The van der Waals surface area contributed by atoms with Crippen molar-refractivity contribution in [2.75, 3.05) is 6.54 Å². The lowest BCUT2D eigenvalue weighted by Gasteiger charge is -2.14. The van der Waals surface area contributed by atoms with Crippen LogP contribution in [0.3, 0.4) is 0 Å². The van der Waals surface area contributed by atoms with Crippen molar-refractivity contribution in [1.82, 2.24) is 25.9 Å². The van der Waals surface area contributed by atoms with Gasteiger partial charge in [-0.2, -0.15) is 5.10 Å². The summed E-state index contributed by atoms with van der Waals surface area (Å²) in [6.45, 7) is 0.722. The number of rotatable bonds is 5. The smallest absolute Gasteiger partial charge is 0.205 e. The third-order valence-electron chi connectivity index (χ3n) is 3.14. The molecule has 1 saturated carbocycles. The summed E-state index contributed by atoms with van der Waals surface area (Å²) in [5.74, 6) is 7.05. The zero-order valence-corrected chi connectivity index (χ0v) is 10.5. The first-order chi connectivity index (χ1) is 8.88. The highest BCUT2D eigenvalue weighted by atomic mass is 15.3. The number of nitrogens with zero attached hydrogens (tertiary/aromatic N) is 3. The Morgan fingerprint density at radius 2 is 2.33 bits per heavy atom. The summed E-state index contributed by atoms with van der Waals surface area (Å²) in [5, 5.41) is 9.97. The second-order valence-electron chi connectivity index (χ2n) is 4.54. The van der Waals surface area contributed by atoms with Crippen LogP contribution >= 0.6 is 0 Å². The SMILES string of the molecule is NNC(=NCCCc1ncn[nH]1)NC1CCCC1. The maximum absolute atomic E-state index is 5.46. The van der Waals surface area contributed by atoms with Gasteiger partial charge in [-0.15, -0.1) is 0 Å². The average molecular weight is 251 g/mol. The molecule has 7 heteroatoms. The summed E-state index contributed by atoms with van der Waals surface area (Å²) in [4.78, 5) is 8.48. The molecule has 0 radical (unpaired) electrons. The zero-order valence-electron chi connectivity index (χ0n) is 10.5. The summed E-state index contributed by atoms with van der Waals surface area (Å²) in [7, 11) is 0. The molecule has 2 rings (SSSR count). The van der Waals surface area contributed by atoms with Crippen molar-refractivity contribution in [2.24, 2.45) is 10.8 Å². The molecule has 5 N–H and O–H groups in total. The molecule has 0 spiro atoms. The van der Waals surface area contributed by atoms with Crippen LogP contribution in [0.2, 0.25) is 0 Å². The van der Waals surface area contributed by atoms with Gasteiger partial charge in [-0.05, 0) is 19.3 Å². The Hall–Kier alpha value is -1.63. The number of nitrogens with one attached hydrogen (secondary N) is 3. The molecule has 1 aliphatic rings. The Balaban J connectivity index is 1.68. The zero-order chi connectivity index (χ0) is 12.6. The van der Waals surface area contributed by atoms with Gasteiger partial charge >= 0.3 is 0 Å². The standard InChI is InChI=1S/C11H21N7/c12-17-11(16-9-4-1-2-5-9)13-7-3-6-10-14-8-15-18-10/h8-9H,1-7,12H2,(H2,13,16,17)(H,14,15,18). The van der Waals surface area contributed by atoms with Crippen LogP contribution in [-0.4, -0.2) is 33.7 Å². The van der Waals surface area contributed by atoms with Crippen LogP contribution in [0.15, 0.2) is 11.3 Å². The molecular weight excluding hydrogens is 230 g/mol. The monoisotopic (exact) mass is 251 g/mol. The molecule has 1 aromatic rings. The summed E-state index contributed by atoms with van der Waals surface area (Å²) < 4.78 is 0. The van der Waals surface area contributed by atoms with Gasteiger partial charge in [-0.3, -0.25) is 15.5 Å². The summed E-state index contributed by atoms with van der Waals surface area (Å²) in [6.07, 6.45) is 8.30. The molecule has 1 fully saturated rings. The number of H-pyrrole nitrogens is 1. The van der Waals surface area contributed by atoms with Crippen molar-refractivity contribution in [3.05, 3.63) is 12.2 Å². The number of hydrogen-bond donors (Lipinski definition) is 4. The normalized spacial score (nSPS) is 17.1. The first-order valence-electron chi connectivity index (χ1n) is 6.50. The van der Waals surface area contributed by atoms with E-state index in [2.05, 4.69) is 30.9 Å². The molecule has 100 valence electrons. The van der Waals surface area contributed by atoms with Crippen molar-refractivity contribution in [1.29, 1.82) is 0 Å². The molecule has 0 unspecified atom stereocenters. The largest absolute Gasteiger partial charge is 0.353 e. The Labute approximate surface area is 107 Å². The lowest BCUT2D eigenvalue weighted by molar-refractivity contribution is 0.613. The van der Waals surface area contributed by atoms with Gasteiger partial charge in [0.05, 0.1) is 0 Å². The van der Waals surface area contributed by atoms with E-state index in [9.17, 15) is 0 Å². The van der Waals surface area contributed by atoms with E-state index in [1.165, 1.54) is 32.0 Å². The van der Waals surface area contributed by atoms with Gasteiger partial charge in [-0.25, -0.2) is 10.8 Å². The van der Waals surface area contributed by atoms with Gasteiger partial charge in [0.15, 0.2) is 0 Å². The van der Waals surface area contributed by atoms with Gasteiger partial charge in [0.1, 0.15) is 12.2 Å². The fourth-order valence-electron chi connectivity index (χ4n) is 2.19. The maximum atomic E-state index is 5.46. The van der Waals surface area contributed by atoms with Crippen molar-refractivity contribution in [3.63, 3.8) is 0 Å². The molecule has 1 heterocycles. The van der Waals surface area contributed by atoms with Crippen LogP contribution in [0, 0.1) is 0 Å². The minimum absolute atomic E-state index is 0.522. The highest BCUT2D eigenvalue weighted by Gasteiger charge is 2.15. The molecule has 7 nitrogen and oxygen atoms in total. The third kappa shape index (κ3) is 3.99. The number of aromatic nitrogens is 3. The van der Waals surface area contributed by atoms with Gasteiger partial charge in [0.2, 0.25) is 5.96 Å². The fraction of sp³-hybridized carbons (Fsp3) is 0.727. The Morgan fingerprint density at radius 1 is 1.50 bits per heavy atom. The second kappa shape index (κ2) is 6.95. The van der Waals surface area contributed by atoms with Crippen molar-refractivity contribution in [3.8, 4) is 0 Å². The Kier molecular flexibility index (Phi) is 4.95. The Morgan fingerprint density at radius 3 is 3.00 bits per heavy atom. The number of hydrazine groups is 1. The fourth-order valence-corrected chi connectivity index (χ4v) is 2.19. The van der Waals surface area contributed by atoms with E-state index in [1.54, 1.807) is 0 Å². The highest BCUT2D eigenvalue weighted by Crippen LogP contribution is 2.17. The first-order valence-corrected chi connectivity index (χ1v) is 6.50. The number of aliphatic imine (C=N–C) groups is 1. The lowest BCUT2D eigenvalue weighted by atomic mass is 10.2. The number of hydrogen-bond acceptors (Lipinski definition) is 4.